The molecular weight excluding hydrogens is 283 g/mol. The predicted molar refractivity (Wildman–Crippen MR) is 71.6 cm³/mol. The number of nitrogens with zero attached hydrogens (tertiary/aromatic N) is 2. The summed E-state index contributed by atoms with van der Waals surface area (Å²) in [7, 11) is 0. The molecule has 2 rings (SSSR count). The molecule has 0 saturated heterocycles. The standard InChI is InChI=1S/C14H20F3N3O/c1-4-21-11(8(2)3)13-19-10-5-6-18-7-9(10)12(20-13)14(15,16)17/h8,11,18H,4-7H2,1-3H3. The Morgan fingerprint density at radius 2 is 2.00 bits per heavy atom. The molecule has 1 aliphatic heterocycles. The van der Waals surface area contributed by atoms with E-state index in [2.05, 4.69) is 15.3 Å². The van der Waals surface area contributed by atoms with Crippen LogP contribution in [0.3, 0.4) is 0 Å². The summed E-state index contributed by atoms with van der Waals surface area (Å²) < 4.78 is 45.3. The number of hydrogen-bond donors (Lipinski definition) is 1. The monoisotopic (exact) mass is 303 g/mol. The van der Waals surface area contributed by atoms with Gasteiger partial charge in [-0.1, -0.05) is 13.8 Å². The first-order valence-corrected chi connectivity index (χ1v) is 7.13. The van der Waals surface area contributed by atoms with Crippen LogP contribution in [0.5, 0.6) is 0 Å². The van der Waals surface area contributed by atoms with E-state index in [9.17, 15) is 13.2 Å². The number of ether oxygens (including phenoxy) is 1. The third-order valence-corrected chi connectivity index (χ3v) is 3.43. The molecule has 0 aliphatic carbocycles. The Labute approximate surface area is 122 Å². The van der Waals surface area contributed by atoms with Crippen molar-refractivity contribution in [1.29, 1.82) is 0 Å². The molecule has 1 unspecified atom stereocenters. The topological polar surface area (TPSA) is 47.0 Å². The lowest BCUT2D eigenvalue weighted by Gasteiger charge is -2.25. The second kappa shape index (κ2) is 6.27. The summed E-state index contributed by atoms with van der Waals surface area (Å²) in [6.07, 6.45) is -4.52. The van der Waals surface area contributed by atoms with Gasteiger partial charge < -0.3 is 10.1 Å². The maximum Gasteiger partial charge on any atom is 0.433 e. The smallest absolute Gasteiger partial charge is 0.370 e. The van der Waals surface area contributed by atoms with Crippen LogP contribution < -0.4 is 5.32 Å². The zero-order valence-corrected chi connectivity index (χ0v) is 12.4. The van der Waals surface area contributed by atoms with Crippen LogP contribution >= 0.6 is 0 Å². The van der Waals surface area contributed by atoms with E-state index in [0.717, 1.165) is 0 Å². The summed E-state index contributed by atoms with van der Waals surface area (Å²) in [6, 6.07) is 0. The van der Waals surface area contributed by atoms with Gasteiger partial charge in [-0.3, -0.25) is 0 Å². The van der Waals surface area contributed by atoms with E-state index < -0.39 is 18.0 Å². The van der Waals surface area contributed by atoms with Crippen LogP contribution in [0.4, 0.5) is 13.2 Å². The summed E-state index contributed by atoms with van der Waals surface area (Å²) in [5, 5.41) is 2.94. The minimum atomic E-state index is -4.48. The van der Waals surface area contributed by atoms with Crippen molar-refractivity contribution in [3.8, 4) is 0 Å². The first-order chi connectivity index (χ1) is 9.84. The quantitative estimate of drug-likeness (QED) is 0.929. The average molecular weight is 303 g/mol. The van der Waals surface area contributed by atoms with Crippen molar-refractivity contribution in [1.82, 2.24) is 15.3 Å². The maximum absolute atomic E-state index is 13.2. The lowest BCUT2D eigenvalue weighted by Crippen LogP contribution is -2.30. The Bertz CT molecular complexity index is 503. The van der Waals surface area contributed by atoms with Crippen molar-refractivity contribution in [2.24, 2.45) is 5.92 Å². The number of hydrogen-bond acceptors (Lipinski definition) is 4. The molecule has 0 fully saturated rings. The van der Waals surface area contributed by atoms with Crippen LogP contribution in [0, 0.1) is 5.92 Å². The molecule has 0 bridgehead atoms. The highest BCUT2D eigenvalue weighted by atomic mass is 19.4. The molecule has 1 aromatic rings. The second-order valence-corrected chi connectivity index (χ2v) is 5.40. The van der Waals surface area contributed by atoms with Crippen molar-refractivity contribution >= 4 is 0 Å². The van der Waals surface area contributed by atoms with Gasteiger partial charge in [-0.05, 0) is 12.8 Å². The molecule has 118 valence electrons. The lowest BCUT2D eigenvalue weighted by atomic mass is 10.0. The highest BCUT2D eigenvalue weighted by Crippen LogP contribution is 2.34. The highest BCUT2D eigenvalue weighted by Gasteiger charge is 2.39. The van der Waals surface area contributed by atoms with E-state index in [4.69, 9.17) is 4.74 Å². The SMILES string of the molecule is CCOC(c1nc2c(c(C(F)(F)F)n1)CNCC2)C(C)C. The Balaban J connectivity index is 2.52. The molecule has 0 amide bonds. The first-order valence-electron chi connectivity index (χ1n) is 7.13. The minimum Gasteiger partial charge on any atom is -0.370 e. The summed E-state index contributed by atoms with van der Waals surface area (Å²) in [5.74, 6) is 0.144. The van der Waals surface area contributed by atoms with Crippen molar-refractivity contribution in [2.45, 2.75) is 46.0 Å². The van der Waals surface area contributed by atoms with Crippen molar-refractivity contribution in [3.05, 3.63) is 22.8 Å². The largest absolute Gasteiger partial charge is 0.433 e. The van der Waals surface area contributed by atoms with Gasteiger partial charge in [-0.25, -0.2) is 9.97 Å². The third kappa shape index (κ3) is 3.52. The number of alkyl halides is 3. The number of nitrogens with one attached hydrogen (secondary N) is 1. The van der Waals surface area contributed by atoms with E-state index in [1.807, 2.05) is 20.8 Å². The second-order valence-electron chi connectivity index (χ2n) is 5.40. The van der Waals surface area contributed by atoms with Crippen LogP contribution in [0.1, 0.15) is 49.7 Å². The Morgan fingerprint density at radius 3 is 2.57 bits per heavy atom. The van der Waals surface area contributed by atoms with Crippen LogP contribution in [0.2, 0.25) is 0 Å². The Hall–Kier alpha value is -1.21. The van der Waals surface area contributed by atoms with Crippen LogP contribution in [-0.4, -0.2) is 23.1 Å². The van der Waals surface area contributed by atoms with E-state index in [1.165, 1.54) is 0 Å². The third-order valence-electron chi connectivity index (χ3n) is 3.43. The fourth-order valence-electron chi connectivity index (χ4n) is 2.47. The number of halogens is 3. The van der Waals surface area contributed by atoms with Gasteiger partial charge in [0.15, 0.2) is 11.5 Å². The summed E-state index contributed by atoms with van der Waals surface area (Å²) in [6.45, 7) is 6.78. The molecule has 1 aliphatic rings. The van der Waals surface area contributed by atoms with E-state index in [-0.39, 0.29) is 23.9 Å². The fraction of sp³-hybridized carbons (Fsp3) is 0.714. The van der Waals surface area contributed by atoms with Gasteiger partial charge in [-0.15, -0.1) is 0 Å². The van der Waals surface area contributed by atoms with Crippen LogP contribution in [0.25, 0.3) is 0 Å². The van der Waals surface area contributed by atoms with Crippen molar-refractivity contribution < 1.29 is 17.9 Å². The predicted octanol–water partition coefficient (Wildman–Crippen LogP) is 2.87. The van der Waals surface area contributed by atoms with Gasteiger partial charge in [-0.2, -0.15) is 13.2 Å². The van der Waals surface area contributed by atoms with E-state index in [0.29, 0.717) is 25.3 Å². The average Bonchev–Trinajstić information content (AvgIpc) is 2.42. The maximum atomic E-state index is 13.2. The molecule has 2 heterocycles. The summed E-state index contributed by atoms with van der Waals surface area (Å²) >= 11 is 0. The Kier molecular flexibility index (Phi) is 4.83. The molecule has 0 spiro atoms. The molecule has 1 aromatic heterocycles. The van der Waals surface area contributed by atoms with Gasteiger partial charge >= 0.3 is 6.18 Å². The molecule has 1 N–H and O–H groups in total. The van der Waals surface area contributed by atoms with Gasteiger partial charge in [0, 0.05) is 31.7 Å². The molecular formula is C14H20F3N3O. The van der Waals surface area contributed by atoms with Gasteiger partial charge in [0.25, 0.3) is 0 Å². The first kappa shape index (κ1) is 16.2. The number of fused-ring (bicyclic) bond motifs is 1. The van der Waals surface area contributed by atoms with Gasteiger partial charge in [0.2, 0.25) is 0 Å². The van der Waals surface area contributed by atoms with Gasteiger partial charge in [0.05, 0.1) is 5.69 Å². The minimum absolute atomic E-state index is 0.00537. The van der Waals surface area contributed by atoms with Crippen LogP contribution in [0.15, 0.2) is 0 Å². The van der Waals surface area contributed by atoms with Gasteiger partial charge in [0.1, 0.15) is 6.10 Å². The molecule has 1 atom stereocenters. The van der Waals surface area contributed by atoms with E-state index in [1.54, 1.807) is 0 Å². The number of rotatable bonds is 4. The van der Waals surface area contributed by atoms with Crippen molar-refractivity contribution in [2.75, 3.05) is 13.2 Å². The summed E-state index contributed by atoms with van der Waals surface area (Å²) in [4.78, 5) is 8.15. The normalized spacial score (nSPS) is 16.9. The number of aromatic nitrogens is 2. The highest BCUT2D eigenvalue weighted by molar-refractivity contribution is 5.30. The molecule has 0 radical (unpaired) electrons. The molecule has 0 saturated carbocycles. The fourth-order valence-corrected chi connectivity index (χ4v) is 2.47. The zero-order chi connectivity index (χ0) is 15.6. The Morgan fingerprint density at radius 1 is 1.29 bits per heavy atom. The molecule has 4 nitrogen and oxygen atoms in total. The summed E-state index contributed by atoms with van der Waals surface area (Å²) in [5.41, 5.74) is -0.187. The van der Waals surface area contributed by atoms with Crippen LogP contribution in [-0.2, 0) is 23.9 Å². The van der Waals surface area contributed by atoms with Crippen molar-refractivity contribution in [3.63, 3.8) is 0 Å². The lowest BCUT2D eigenvalue weighted by molar-refractivity contribution is -0.142. The zero-order valence-electron chi connectivity index (χ0n) is 12.4. The van der Waals surface area contributed by atoms with E-state index >= 15 is 0 Å². The molecule has 7 heteroatoms. The molecule has 0 aromatic carbocycles. The molecule has 21 heavy (non-hydrogen) atoms.